The average molecular weight is 280 g/mol. The normalized spacial score (nSPS) is 11.2. The van der Waals surface area contributed by atoms with Crippen LogP contribution in [0.4, 0.5) is 0 Å². The highest BCUT2D eigenvalue weighted by atomic mass is 16.1. The Bertz CT molecular complexity index is 417. The van der Waals surface area contributed by atoms with E-state index in [-0.39, 0.29) is 5.56 Å². The summed E-state index contributed by atoms with van der Waals surface area (Å²) in [5.41, 5.74) is 2.26. The van der Waals surface area contributed by atoms with E-state index in [1.54, 1.807) is 0 Å². The number of H-pyrrole nitrogens is 1. The summed E-state index contributed by atoms with van der Waals surface area (Å²) in [6, 6.07) is 0. The predicted molar refractivity (Wildman–Crippen MR) is 86.4 cm³/mol. The van der Waals surface area contributed by atoms with Gasteiger partial charge in [0.2, 0.25) is 0 Å². The van der Waals surface area contributed by atoms with Gasteiger partial charge in [0.25, 0.3) is 5.56 Å². The number of nitrogens with zero attached hydrogens (tertiary/aromatic N) is 1. The molecule has 1 aromatic rings. The molecule has 20 heavy (non-hydrogen) atoms. The van der Waals surface area contributed by atoms with Gasteiger partial charge in [-0.1, -0.05) is 58.8 Å². The third-order valence-corrected chi connectivity index (χ3v) is 4.05. The topological polar surface area (TPSA) is 37.8 Å². The molecule has 1 N–H and O–H groups in total. The molecule has 0 aromatic carbocycles. The Kier molecular flexibility index (Phi) is 8.40. The summed E-state index contributed by atoms with van der Waals surface area (Å²) in [6.45, 7) is 7.25. The third-order valence-electron chi connectivity index (χ3n) is 4.05. The molecule has 1 rings (SSSR count). The fourth-order valence-corrected chi connectivity index (χ4v) is 2.63. The molecule has 0 spiro atoms. The second-order valence-corrected chi connectivity index (χ2v) is 5.90. The minimum Gasteiger partial charge on any atom is -0.299 e. The Morgan fingerprint density at radius 1 is 0.900 bits per heavy atom. The van der Waals surface area contributed by atoms with E-state index in [2.05, 4.69) is 18.9 Å². The Hall–Kier alpha value is -0.990. The Morgan fingerprint density at radius 2 is 1.50 bits per heavy atom. The van der Waals surface area contributed by atoms with Crippen LogP contribution in [0.2, 0.25) is 0 Å². The van der Waals surface area contributed by atoms with E-state index in [1.165, 1.54) is 51.4 Å². The van der Waals surface area contributed by atoms with Gasteiger partial charge in [0, 0.05) is 17.8 Å². The molecule has 0 aliphatic heterocycles. The average Bonchev–Trinajstić information content (AvgIpc) is 2.71. The minimum atomic E-state index is 0.185. The standard InChI is InChI=1S/C17H32N2O/c1-4-6-8-9-10-12-14-19-17(20)15(3)16(18-19)13-11-7-5-2/h18H,4-14H2,1-3H3. The Morgan fingerprint density at radius 3 is 2.20 bits per heavy atom. The fraction of sp³-hybridized carbons (Fsp3) is 0.824. The van der Waals surface area contributed by atoms with Crippen molar-refractivity contribution in [1.29, 1.82) is 0 Å². The highest BCUT2D eigenvalue weighted by Gasteiger charge is 2.09. The largest absolute Gasteiger partial charge is 0.299 e. The number of aryl methyl sites for hydroxylation is 2. The van der Waals surface area contributed by atoms with Crippen LogP contribution in [0.3, 0.4) is 0 Å². The van der Waals surface area contributed by atoms with Crippen molar-refractivity contribution in [2.24, 2.45) is 0 Å². The molecule has 0 aliphatic rings. The monoisotopic (exact) mass is 280 g/mol. The van der Waals surface area contributed by atoms with Crippen LogP contribution in [0, 0.1) is 6.92 Å². The van der Waals surface area contributed by atoms with Crippen molar-refractivity contribution in [1.82, 2.24) is 9.78 Å². The smallest absolute Gasteiger partial charge is 0.269 e. The van der Waals surface area contributed by atoms with E-state index in [1.807, 2.05) is 11.6 Å². The summed E-state index contributed by atoms with van der Waals surface area (Å²) in [4.78, 5) is 12.1. The Labute approximate surface area is 123 Å². The highest BCUT2D eigenvalue weighted by Crippen LogP contribution is 2.08. The first-order chi connectivity index (χ1) is 9.70. The minimum absolute atomic E-state index is 0.185. The fourth-order valence-electron chi connectivity index (χ4n) is 2.63. The maximum Gasteiger partial charge on any atom is 0.269 e. The number of hydrogen-bond acceptors (Lipinski definition) is 1. The lowest BCUT2D eigenvalue weighted by Crippen LogP contribution is -2.17. The van der Waals surface area contributed by atoms with Crippen molar-refractivity contribution < 1.29 is 0 Å². The van der Waals surface area contributed by atoms with Gasteiger partial charge in [0.05, 0.1) is 0 Å². The maximum atomic E-state index is 12.1. The molecule has 0 bridgehead atoms. The van der Waals surface area contributed by atoms with E-state index >= 15 is 0 Å². The van der Waals surface area contributed by atoms with Crippen LogP contribution in [-0.4, -0.2) is 9.78 Å². The van der Waals surface area contributed by atoms with Crippen LogP contribution in [0.15, 0.2) is 4.79 Å². The van der Waals surface area contributed by atoms with E-state index in [0.717, 1.165) is 30.6 Å². The summed E-state index contributed by atoms with van der Waals surface area (Å²) in [6.07, 6.45) is 12.2. The number of unbranched alkanes of at least 4 members (excludes halogenated alkanes) is 7. The summed E-state index contributed by atoms with van der Waals surface area (Å²) in [7, 11) is 0. The maximum absolute atomic E-state index is 12.1. The zero-order valence-corrected chi connectivity index (χ0v) is 13.6. The summed E-state index contributed by atoms with van der Waals surface area (Å²) in [5.74, 6) is 0. The van der Waals surface area contributed by atoms with Crippen molar-refractivity contribution in [3.63, 3.8) is 0 Å². The SMILES string of the molecule is CCCCCCCCn1[nH]c(CCCCC)c(C)c1=O. The number of aromatic amines is 1. The lowest BCUT2D eigenvalue weighted by atomic mass is 10.1. The van der Waals surface area contributed by atoms with Crippen molar-refractivity contribution in [2.45, 2.75) is 91.5 Å². The first kappa shape index (κ1) is 17.1. The van der Waals surface area contributed by atoms with Gasteiger partial charge in [-0.15, -0.1) is 0 Å². The molecule has 0 fully saturated rings. The van der Waals surface area contributed by atoms with Crippen LogP contribution in [0.1, 0.15) is 82.9 Å². The van der Waals surface area contributed by atoms with Crippen LogP contribution in [0.25, 0.3) is 0 Å². The van der Waals surface area contributed by atoms with Crippen LogP contribution < -0.4 is 5.56 Å². The molecule has 0 atom stereocenters. The molecular formula is C17H32N2O. The second kappa shape index (κ2) is 9.84. The zero-order valence-electron chi connectivity index (χ0n) is 13.6. The third kappa shape index (κ3) is 5.56. The van der Waals surface area contributed by atoms with Gasteiger partial charge in [0.15, 0.2) is 0 Å². The second-order valence-electron chi connectivity index (χ2n) is 5.90. The molecule has 1 heterocycles. The molecule has 1 aromatic heterocycles. The lowest BCUT2D eigenvalue weighted by Gasteiger charge is -2.03. The summed E-state index contributed by atoms with van der Waals surface area (Å²) in [5, 5.41) is 3.31. The predicted octanol–water partition coefficient (Wildman–Crippen LogP) is 4.58. The number of rotatable bonds is 11. The van der Waals surface area contributed by atoms with Crippen molar-refractivity contribution in [2.75, 3.05) is 0 Å². The molecule has 0 saturated heterocycles. The molecule has 3 nitrogen and oxygen atoms in total. The van der Waals surface area contributed by atoms with Gasteiger partial charge in [-0.05, 0) is 26.2 Å². The first-order valence-corrected chi connectivity index (χ1v) is 8.49. The quantitative estimate of drug-likeness (QED) is 0.592. The van der Waals surface area contributed by atoms with Gasteiger partial charge in [-0.3, -0.25) is 14.6 Å². The van der Waals surface area contributed by atoms with Gasteiger partial charge in [-0.25, -0.2) is 0 Å². The number of nitrogens with one attached hydrogen (secondary N) is 1. The Balaban J connectivity index is 2.38. The molecule has 0 unspecified atom stereocenters. The first-order valence-electron chi connectivity index (χ1n) is 8.49. The van der Waals surface area contributed by atoms with Gasteiger partial charge in [-0.2, -0.15) is 0 Å². The van der Waals surface area contributed by atoms with Crippen molar-refractivity contribution in [3.8, 4) is 0 Å². The van der Waals surface area contributed by atoms with Crippen LogP contribution >= 0.6 is 0 Å². The lowest BCUT2D eigenvalue weighted by molar-refractivity contribution is 0.514. The molecule has 0 aliphatic carbocycles. The molecular weight excluding hydrogens is 248 g/mol. The summed E-state index contributed by atoms with van der Waals surface area (Å²) >= 11 is 0. The highest BCUT2D eigenvalue weighted by molar-refractivity contribution is 5.15. The van der Waals surface area contributed by atoms with Crippen LogP contribution in [-0.2, 0) is 13.0 Å². The zero-order chi connectivity index (χ0) is 14.8. The molecule has 116 valence electrons. The van der Waals surface area contributed by atoms with Crippen molar-refractivity contribution >= 4 is 0 Å². The number of hydrogen-bond donors (Lipinski definition) is 1. The van der Waals surface area contributed by atoms with Gasteiger partial charge >= 0.3 is 0 Å². The van der Waals surface area contributed by atoms with Gasteiger partial charge < -0.3 is 0 Å². The molecule has 0 amide bonds. The van der Waals surface area contributed by atoms with Crippen LogP contribution in [0.5, 0.6) is 0 Å². The number of aromatic nitrogens is 2. The molecule has 0 saturated carbocycles. The van der Waals surface area contributed by atoms with E-state index in [9.17, 15) is 4.79 Å². The van der Waals surface area contributed by atoms with Gasteiger partial charge in [0.1, 0.15) is 0 Å². The van der Waals surface area contributed by atoms with E-state index in [4.69, 9.17) is 0 Å². The van der Waals surface area contributed by atoms with Crippen molar-refractivity contribution in [3.05, 3.63) is 21.6 Å². The summed E-state index contributed by atoms with van der Waals surface area (Å²) < 4.78 is 1.82. The van der Waals surface area contributed by atoms with E-state index < -0.39 is 0 Å². The molecule has 3 heteroatoms. The van der Waals surface area contributed by atoms with E-state index in [0.29, 0.717) is 0 Å². The molecule has 0 radical (unpaired) electrons.